The van der Waals surface area contributed by atoms with Crippen LogP contribution in [-0.2, 0) is 29.1 Å². The van der Waals surface area contributed by atoms with E-state index in [1.165, 1.54) is 30.3 Å². The highest BCUT2D eigenvalue weighted by molar-refractivity contribution is 7.89. The molecule has 2 heterocycles. The van der Waals surface area contributed by atoms with Gasteiger partial charge in [0.05, 0.1) is 10.8 Å². The Morgan fingerprint density at radius 2 is 1.54 bits per heavy atom. The van der Waals surface area contributed by atoms with Crippen LogP contribution in [0.1, 0.15) is 26.7 Å². The van der Waals surface area contributed by atoms with Crippen LogP contribution < -0.4 is 20.1 Å². The van der Waals surface area contributed by atoms with Gasteiger partial charge in [-0.05, 0) is 56.2 Å². The summed E-state index contributed by atoms with van der Waals surface area (Å²) in [4.78, 5) is 36.3. The molecule has 2 aliphatic rings. The van der Waals surface area contributed by atoms with E-state index in [1.54, 1.807) is 30.3 Å². The fraction of sp³-hybridized carbons (Fsp3) is 0.400. The number of ether oxygens (including phenoxy) is 3. The molecule has 0 saturated carbocycles. The first-order chi connectivity index (χ1) is 17.6. The van der Waals surface area contributed by atoms with E-state index in [0.29, 0.717) is 36.1 Å². The minimum atomic E-state index is -3.77. The number of carbonyl (C=O) groups excluding carboxylic acids is 3. The first-order valence-corrected chi connectivity index (χ1v) is 13.4. The smallest absolute Gasteiger partial charge is 0.309 e. The number of hydrogen-bond acceptors (Lipinski definition) is 8. The van der Waals surface area contributed by atoms with Gasteiger partial charge in [-0.2, -0.15) is 4.31 Å². The lowest BCUT2D eigenvalue weighted by atomic mass is 9.98. The van der Waals surface area contributed by atoms with Crippen molar-refractivity contribution in [3.63, 3.8) is 0 Å². The van der Waals surface area contributed by atoms with Crippen LogP contribution in [0.15, 0.2) is 47.4 Å². The molecule has 2 amide bonds. The summed E-state index contributed by atoms with van der Waals surface area (Å²) in [5.74, 6) is -0.865. The summed E-state index contributed by atoms with van der Waals surface area (Å²) >= 11 is 0. The van der Waals surface area contributed by atoms with E-state index in [4.69, 9.17) is 14.2 Å². The monoisotopic (exact) mass is 531 g/mol. The van der Waals surface area contributed by atoms with Crippen LogP contribution in [0.25, 0.3) is 0 Å². The highest BCUT2D eigenvalue weighted by Crippen LogP contribution is 2.34. The summed E-state index contributed by atoms with van der Waals surface area (Å²) in [6.45, 7) is 3.94. The van der Waals surface area contributed by atoms with E-state index in [1.807, 2.05) is 0 Å². The predicted molar refractivity (Wildman–Crippen MR) is 134 cm³/mol. The highest BCUT2D eigenvalue weighted by atomic mass is 32.2. The largest absolute Gasteiger partial charge is 0.486 e. The van der Waals surface area contributed by atoms with Crippen molar-refractivity contribution in [2.75, 3.05) is 36.9 Å². The Morgan fingerprint density at radius 1 is 0.946 bits per heavy atom. The summed E-state index contributed by atoms with van der Waals surface area (Å²) in [5, 5.41) is 5.29. The van der Waals surface area contributed by atoms with Gasteiger partial charge >= 0.3 is 5.97 Å². The van der Waals surface area contributed by atoms with E-state index in [0.717, 1.165) is 0 Å². The third-order valence-electron chi connectivity index (χ3n) is 6.07. The van der Waals surface area contributed by atoms with Crippen LogP contribution in [-0.4, -0.2) is 62.9 Å². The number of sulfonamides is 1. The quantitative estimate of drug-likeness (QED) is 0.519. The molecule has 0 spiro atoms. The molecule has 198 valence electrons. The molecule has 37 heavy (non-hydrogen) atoms. The zero-order valence-corrected chi connectivity index (χ0v) is 21.4. The minimum Gasteiger partial charge on any atom is -0.486 e. The number of nitrogens with one attached hydrogen (secondary N) is 2. The fourth-order valence-electron chi connectivity index (χ4n) is 4.07. The number of amides is 2. The van der Waals surface area contributed by atoms with Crippen molar-refractivity contribution in [2.24, 2.45) is 5.92 Å². The summed E-state index contributed by atoms with van der Waals surface area (Å²) in [6, 6.07) is 11.0. The van der Waals surface area contributed by atoms with Gasteiger partial charge in [-0.1, -0.05) is 0 Å². The van der Waals surface area contributed by atoms with Crippen LogP contribution in [0.5, 0.6) is 11.5 Å². The molecular formula is C25H29N3O8S. The van der Waals surface area contributed by atoms with E-state index >= 15 is 0 Å². The maximum Gasteiger partial charge on any atom is 0.309 e. The Kier molecular flexibility index (Phi) is 7.98. The third-order valence-corrected chi connectivity index (χ3v) is 7.97. The van der Waals surface area contributed by atoms with Crippen molar-refractivity contribution in [3.8, 4) is 11.5 Å². The summed E-state index contributed by atoms with van der Waals surface area (Å²) in [6.07, 6.45) is -0.481. The first kappa shape index (κ1) is 26.4. The van der Waals surface area contributed by atoms with Crippen LogP contribution in [0, 0.1) is 5.92 Å². The summed E-state index contributed by atoms with van der Waals surface area (Å²) in [7, 11) is -3.77. The second kappa shape index (κ2) is 11.2. The number of anilines is 2. The maximum atomic E-state index is 13.1. The second-order valence-corrected chi connectivity index (χ2v) is 10.7. The van der Waals surface area contributed by atoms with E-state index in [9.17, 15) is 22.8 Å². The first-order valence-electron chi connectivity index (χ1n) is 11.9. The van der Waals surface area contributed by atoms with Crippen LogP contribution in [0.2, 0.25) is 0 Å². The number of piperidine rings is 1. The van der Waals surface area contributed by atoms with Gasteiger partial charge in [-0.25, -0.2) is 8.42 Å². The van der Waals surface area contributed by atoms with E-state index < -0.39 is 33.9 Å². The lowest BCUT2D eigenvalue weighted by Gasteiger charge is -2.30. The normalized spacial score (nSPS) is 16.9. The molecule has 4 rings (SSSR count). The van der Waals surface area contributed by atoms with Gasteiger partial charge in [-0.15, -0.1) is 0 Å². The number of esters is 1. The highest BCUT2D eigenvalue weighted by Gasteiger charge is 2.34. The summed E-state index contributed by atoms with van der Waals surface area (Å²) in [5.41, 5.74) is 1.08. The number of hydrogen-bond donors (Lipinski definition) is 2. The topological polar surface area (TPSA) is 140 Å². The Bertz CT molecular complexity index is 1270. The van der Waals surface area contributed by atoms with Crippen molar-refractivity contribution >= 4 is 39.2 Å². The molecule has 2 aromatic carbocycles. The molecule has 0 aromatic heterocycles. The zero-order chi connectivity index (χ0) is 26.6. The molecule has 0 unspecified atom stereocenters. The molecule has 1 atom stereocenters. The zero-order valence-electron chi connectivity index (χ0n) is 20.6. The number of carbonyl (C=O) groups is 3. The molecule has 0 bridgehead atoms. The van der Waals surface area contributed by atoms with E-state index in [-0.39, 0.29) is 36.7 Å². The van der Waals surface area contributed by atoms with Gasteiger partial charge in [0.15, 0.2) is 17.6 Å². The van der Waals surface area contributed by atoms with Gasteiger partial charge in [0.2, 0.25) is 15.9 Å². The number of fused-ring (bicyclic) bond motifs is 1. The number of rotatable bonds is 7. The molecule has 1 saturated heterocycles. The average Bonchev–Trinajstić information content (AvgIpc) is 2.89. The van der Waals surface area contributed by atoms with Crippen molar-refractivity contribution in [1.29, 1.82) is 0 Å². The minimum absolute atomic E-state index is 0.105. The third kappa shape index (κ3) is 6.38. The van der Waals surface area contributed by atoms with Crippen molar-refractivity contribution in [2.45, 2.75) is 37.7 Å². The SMILES string of the molecule is CC(=O)Nc1ccc(NC(=O)[C@@H](C)OC(=O)C2CCN(S(=O)(=O)c3ccc4c(c3)OCCO4)CC2)cc1. The predicted octanol–water partition coefficient (Wildman–Crippen LogP) is 2.39. The van der Waals surface area contributed by atoms with Gasteiger partial charge in [0.25, 0.3) is 5.91 Å². The lowest BCUT2D eigenvalue weighted by Crippen LogP contribution is -2.41. The Hall–Kier alpha value is -3.64. The standard InChI is InChI=1S/C25H29N3O8S/c1-16(24(30)27-20-5-3-19(4-6-20)26-17(2)29)36-25(31)18-9-11-28(12-10-18)37(32,33)21-7-8-22-23(15-21)35-14-13-34-22/h3-8,15-16,18H,9-14H2,1-2H3,(H,26,29)(H,27,30)/t16-/m1/s1. The second-order valence-electron chi connectivity index (χ2n) is 8.81. The molecule has 1 fully saturated rings. The molecule has 0 aliphatic carbocycles. The molecular weight excluding hydrogens is 502 g/mol. The van der Waals surface area contributed by atoms with Crippen molar-refractivity contribution in [1.82, 2.24) is 4.31 Å². The number of benzene rings is 2. The molecule has 2 aliphatic heterocycles. The van der Waals surface area contributed by atoms with Gasteiger partial charge in [0, 0.05) is 37.5 Å². The summed E-state index contributed by atoms with van der Waals surface area (Å²) < 4.78 is 43.8. The van der Waals surface area contributed by atoms with Crippen LogP contribution in [0.3, 0.4) is 0 Å². The lowest BCUT2D eigenvalue weighted by molar-refractivity contribution is -0.158. The molecule has 12 heteroatoms. The fourth-order valence-corrected chi connectivity index (χ4v) is 5.56. The molecule has 2 aromatic rings. The average molecular weight is 532 g/mol. The molecule has 2 N–H and O–H groups in total. The Labute approximate surface area is 215 Å². The van der Waals surface area contributed by atoms with Crippen LogP contribution >= 0.6 is 0 Å². The Balaban J connectivity index is 1.28. The Morgan fingerprint density at radius 3 is 2.16 bits per heavy atom. The van der Waals surface area contributed by atoms with Gasteiger partial charge < -0.3 is 24.8 Å². The maximum absolute atomic E-state index is 13.1. The van der Waals surface area contributed by atoms with Crippen molar-refractivity contribution in [3.05, 3.63) is 42.5 Å². The van der Waals surface area contributed by atoms with Crippen molar-refractivity contribution < 1.29 is 37.0 Å². The molecule has 11 nitrogen and oxygen atoms in total. The van der Waals surface area contributed by atoms with Crippen LogP contribution in [0.4, 0.5) is 11.4 Å². The van der Waals surface area contributed by atoms with E-state index in [2.05, 4.69) is 10.6 Å². The molecule has 0 radical (unpaired) electrons. The number of nitrogens with zero attached hydrogens (tertiary/aromatic N) is 1. The van der Waals surface area contributed by atoms with Gasteiger partial charge in [-0.3, -0.25) is 14.4 Å². The van der Waals surface area contributed by atoms with Gasteiger partial charge in [0.1, 0.15) is 13.2 Å².